The van der Waals surface area contributed by atoms with Crippen LogP contribution in [0.2, 0.25) is 0 Å². The molecule has 18 heavy (non-hydrogen) atoms. The topological polar surface area (TPSA) is 59.1 Å². The Hall–Kier alpha value is -1.40. The Morgan fingerprint density at radius 1 is 1.28 bits per heavy atom. The molecule has 2 bridgehead atoms. The summed E-state index contributed by atoms with van der Waals surface area (Å²) in [4.78, 5) is 30.3. The number of hydrogen-bond acceptors (Lipinski definition) is 5. The van der Waals surface area contributed by atoms with Crippen LogP contribution in [0, 0.1) is 0 Å². The van der Waals surface area contributed by atoms with Crippen molar-refractivity contribution in [2.24, 2.45) is 0 Å². The fraction of sp³-hybridized carbons (Fsp3) is 0.667. The number of esters is 1. The summed E-state index contributed by atoms with van der Waals surface area (Å²) in [6.07, 6.45) is 3.10. The van der Waals surface area contributed by atoms with E-state index in [-0.39, 0.29) is 30.1 Å². The summed E-state index contributed by atoms with van der Waals surface area (Å²) in [6, 6.07) is -0.441. The molecule has 3 aliphatic rings. The molecule has 4 unspecified atom stereocenters. The van der Waals surface area contributed by atoms with Crippen LogP contribution < -0.4 is 0 Å². The summed E-state index contributed by atoms with van der Waals surface area (Å²) in [5, 5.41) is 1.29. The van der Waals surface area contributed by atoms with Crippen LogP contribution in [0.25, 0.3) is 0 Å². The first-order chi connectivity index (χ1) is 8.41. The van der Waals surface area contributed by atoms with Crippen molar-refractivity contribution in [3.05, 3.63) is 12.2 Å². The number of rotatable bonds is 2. The van der Waals surface area contributed by atoms with Crippen molar-refractivity contribution in [1.82, 2.24) is 9.96 Å². The normalized spacial score (nSPS) is 33.9. The quantitative estimate of drug-likeness (QED) is 0.511. The third-order valence-corrected chi connectivity index (χ3v) is 3.22. The van der Waals surface area contributed by atoms with E-state index < -0.39 is 6.10 Å². The number of nitrogens with zero attached hydrogens (tertiary/aromatic N) is 2. The first kappa shape index (κ1) is 13.0. The summed E-state index contributed by atoms with van der Waals surface area (Å²) in [7, 11) is 3.80. The predicted octanol–water partition coefficient (Wildman–Crippen LogP) is -0.0510. The molecule has 0 N–H and O–H groups in total. The number of amides is 1. The van der Waals surface area contributed by atoms with Crippen LogP contribution in [-0.4, -0.2) is 60.2 Å². The number of ether oxygens (including phenoxy) is 1. The predicted molar refractivity (Wildman–Crippen MR) is 63.4 cm³/mol. The summed E-state index contributed by atoms with van der Waals surface area (Å²) < 4.78 is 5.37. The van der Waals surface area contributed by atoms with Crippen molar-refractivity contribution in [3.63, 3.8) is 0 Å². The summed E-state index contributed by atoms with van der Waals surface area (Å²) >= 11 is 0. The number of carbonyl (C=O) groups is 2. The van der Waals surface area contributed by atoms with Gasteiger partial charge in [-0.05, 0) is 14.1 Å². The van der Waals surface area contributed by atoms with E-state index in [1.165, 1.54) is 18.9 Å². The first-order valence-corrected chi connectivity index (χ1v) is 5.90. The minimum Gasteiger partial charge on any atom is -0.458 e. The molecule has 1 aliphatic carbocycles. The van der Waals surface area contributed by atoms with E-state index in [2.05, 4.69) is 0 Å². The van der Waals surface area contributed by atoms with E-state index in [0.717, 1.165) is 0 Å². The zero-order valence-corrected chi connectivity index (χ0v) is 11.0. The van der Waals surface area contributed by atoms with Gasteiger partial charge in [0.1, 0.15) is 18.2 Å². The van der Waals surface area contributed by atoms with Crippen LogP contribution in [0.5, 0.6) is 0 Å². The highest BCUT2D eigenvalue weighted by Gasteiger charge is 2.50. The molecule has 1 fully saturated rings. The van der Waals surface area contributed by atoms with Crippen molar-refractivity contribution in [2.75, 3.05) is 14.1 Å². The first-order valence-electron chi connectivity index (χ1n) is 5.90. The average Bonchev–Trinajstić information content (AvgIpc) is 2.27. The second-order valence-electron chi connectivity index (χ2n) is 4.82. The van der Waals surface area contributed by atoms with Crippen molar-refractivity contribution in [1.29, 1.82) is 0 Å². The number of hydrogen-bond donors (Lipinski definition) is 0. The zero-order valence-electron chi connectivity index (χ0n) is 11.0. The molecular weight excluding hydrogens is 236 g/mol. The second-order valence-corrected chi connectivity index (χ2v) is 4.82. The number of likely N-dealkylation sites (N-methyl/N-ethyl adjacent to an activating group) is 1. The molecule has 3 rings (SSSR count). The average molecular weight is 254 g/mol. The molecular formula is C12H18N2O4. The van der Waals surface area contributed by atoms with E-state index in [1.807, 2.05) is 31.1 Å². The lowest BCUT2D eigenvalue weighted by atomic mass is 9.88. The maximum absolute atomic E-state index is 11.5. The van der Waals surface area contributed by atoms with Crippen LogP contribution in [0.4, 0.5) is 0 Å². The SMILES string of the molecule is CC(=O)OC1C(N(C)C)C2C=CC1N(C(C)=O)O2. The molecule has 4 atom stereocenters. The van der Waals surface area contributed by atoms with Crippen LogP contribution >= 0.6 is 0 Å². The lowest BCUT2D eigenvalue weighted by molar-refractivity contribution is -0.270. The second kappa shape index (κ2) is 4.70. The molecule has 2 heterocycles. The van der Waals surface area contributed by atoms with E-state index in [4.69, 9.17) is 9.57 Å². The van der Waals surface area contributed by atoms with E-state index in [9.17, 15) is 9.59 Å². The summed E-state index contributed by atoms with van der Waals surface area (Å²) in [6.45, 7) is 2.81. The van der Waals surface area contributed by atoms with Gasteiger partial charge in [0.2, 0.25) is 5.91 Å². The fourth-order valence-corrected chi connectivity index (χ4v) is 2.55. The van der Waals surface area contributed by atoms with Gasteiger partial charge in [-0.25, -0.2) is 5.06 Å². The van der Waals surface area contributed by atoms with E-state index in [0.29, 0.717) is 0 Å². The molecule has 6 heteroatoms. The molecule has 0 saturated carbocycles. The van der Waals surface area contributed by atoms with Gasteiger partial charge in [0.15, 0.2) is 0 Å². The Bertz CT molecular complexity index is 394. The molecule has 0 spiro atoms. The maximum atomic E-state index is 11.5. The van der Waals surface area contributed by atoms with Crippen LogP contribution in [0.3, 0.4) is 0 Å². The third-order valence-electron chi connectivity index (χ3n) is 3.22. The van der Waals surface area contributed by atoms with Gasteiger partial charge in [0, 0.05) is 13.8 Å². The molecule has 1 amide bonds. The van der Waals surface area contributed by atoms with Gasteiger partial charge in [-0.3, -0.25) is 14.4 Å². The molecule has 0 aromatic carbocycles. The molecule has 6 nitrogen and oxygen atoms in total. The third kappa shape index (κ3) is 2.13. The lowest BCUT2D eigenvalue weighted by Crippen LogP contribution is -2.67. The van der Waals surface area contributed by atoms with Crippen LogP contribution in [-0.2, 0) is 19.2 Å². The summed E-state index contributed by atoms with van der Waals surface area (Å²) in [5.74, 6) is -0.542. The molecule has 0 aromatic rings. The fourth-order valence-electron chi connectivity index (χ4n) is 2.55. The Morgan fingerprint density at radius 3 is 2.44 bits per heavy atom. The Morgan fingerprint density at radius 2 is 1.94 bits per heavy atom. The van der Waals surface area contributed by atoms with Crippen molar-refractivity contribution < 1.29 is 19.2 Å². The van der Waals surface area contributed by atoms with Gasteiger partial charge >= 0.3 is 5.97 Å². The Balaban J connectivity index is 2.29. The number of carbonyl (C=O) groups excluding carboxylic acids is 2. The van der Waals surface area contributed by atoms with Crippen molar-refractivity contribution in [3.8, 4) is 0 Å². The van der Waals surface area contributed by atoms with Gasteiger partial charge in [0.05, 0.1) is 6.04 Å². The zero-order chi connectivity index (χ0) is 13.4. The van der Waals surface area contributed by atoms with Crippen molar-refractivity contribution >= 4 is 11.9 Å². The standard InChI is InChI=1S/C12H18N2O4/c1-7(15)14-9-5-6-10(18-14)11(13(3)4)12(9)17-8(2)16/h5-6,9-12H,1-4H3. The Labute approximate surface area is 106 Å². The Kier molecular flexibility index (Phi) is 3.41. The molecule has 0 aromatic heterocycles. The van der Waals surface area contributed by atoms with Gasteiger partial charge in [0.25, 0.3) is 0 Å². The van der Waals surface area contributed by atoms with E-state index >= 15 is 0 Å². The van der Waals surface area contributed by atoms with Gasteiger partial charge < -0.3 is 9.64 Å². The molecule has 2 aliphatic heterocycles. The molecule has 0 radical (unpaired) electrons. The van der Waals surface area contributed by atoms with Crippen molar-refractivity contribution in [2.45, 2.75) is 38.1 Å². The lowest BCUT2D eigenvalue weighted by Gasteiger charge is -2.50. The highest BCUT2D eigenvalue weighted by Crippen LogP contribution is 2.32. The molecule has 100 valence electrons. The highest BCUT2D eigenvalue weighted by atomic mass is 16.7. The largest absolute Gasteiger partial charge is 0.458 e. The minimum atomic E-state index is -0.398. The van der Waals surface area contributed by atoms with Gasteiger partial charge in [-0.2, -0.15) is 0 Å². The minimum absolute atomic E-state index is 0.0838. The van der Waals surface area contributed by atoms with Crippen LogP contribution in [0.1, 0.15) is 13.8 Å². The van der Waals surface area contributed by atoms with Gasteiger partial charge in [-0.1, -0.05) is 12.2 Å². The van der Waals surface area contributed by atoms with Crippen LogP contribution in [0.15, 0.2) is 12.2 Å². The smallest absolute Gasteiger partial charge is 0.303 e. The number of hydroxylamine groups is 2. The molecule has 1 saturated heterocycles. The monoisotopic (exact) mass is 254 g/mol. The van der Waals surface area contributed by atoms with E-state index in [1.54, 1.807) is 0 Å². The van der Waals surface area contributed by atoms with Gasteiger partial charge in [-0.15, -0.1) is 0 Å². The maximum Gasteiger partial charge on any atom is 0.303 e. The summed E-state index contributed by atoms with van der Waals surface area (Å²) in [5.41, 5.74) is 0. The highest BCUT2D eigenvalue weighted by molar-refractivity contribution is 5.73. The number of fused-ring (bicyclic) bond motifs is 2.